The van der Waals surface area contributed by atoms with Crippen LogP contribution in [0.2, 0.25) is 0 Å². The van der Waals surface area contributed by atoms with Gasteiger partial charge >= 0.3 is 0 Å². The fraction of sp³-hybridized carbons (Fsp3) is 0.750. The minimum atomic E-state index is 0.395. The van der Waals surface area contributed by atoms with Gasteiger partial charge in [-0.1, -0.05) is 6.92 Å². The molecule has 20 heavy (non-hydrogen) atoms. The van der Waals surface area contributed by atoms with Gasteiger partial charge in [-0.05, 0) is 32.3 Å². The topological polar surface area (TPSA) is 37.6 Å². The van der Waals surface area contributed by atoms with Gasteiger partial charge < -0.3 is 14.5 Å². The third-order valence-corrected chi connectivity index (χ3v) is 4.29. The molecule has 0 radical (unpaired) electrons. The van der Waals surface area contributed by atoms with E-state index in [1.165, 1.54) is 18.4 Å². The molecule has 1 aliphatic heterocycles. The van der Waals surface area contributed by atoms with Crippen molar-refractivity contribution in [3.05, 3.63) is 23.2 Å². The van der Waals surface area contributed by atoms with Crippen molar-refractivity contribution in [1.29, 1.82) is 0 Å². The van der Waals surface area contributed by atoms with E-state index < -0.39 is 0 Å². The van der Waals surface area contributed by atoms with Gasteiger partial charge in [0.05, 0.1) is 19.3 Å². The molecule has 112 valence electrons. The Morgan fingerprint density at radius 1 is 1.40 bits per heavy atom. The number of hydrogen-bond acceptors (Lipinski definition) is 4. The molecule has 2 heterocycles. The first-order chi connectivity index (χ1) is 9.74. The van der Waals surface area contributed by atoms with E-state index in [1.807, 2.05) is 0 Å². The van der Waals surface area contributed by atoms with Crippen LogP contribution in [0.3, 0.4) is 0 Å². The molecule has 4 heteroatoms. The van der Waals surface area contributed by atoms with Crippen LogP contribution in [-0.2, 0) is 17.8 Å². The van der Waals surface area contributed by atoms with E-state index in [2.05, 4.69) is 30.1 Å². The predicted molar refractivity (Wildman–Crippen MR) is 78.6 cm³/mol. The molecule has 1 aromatic heterocycles. The van der Waals surface area contributed by atoms with Crippen LogP contribution < -0.4 is 5.32 Å². The van der Waals surface area contributed by atoms with Gasteiger partial charge in [-0.3, -0.25) is 4.90 Å². The molecule has 1 aromatic rings. The van der Waals surface area contributed by atoms with Crippen LogP contribution in [0.5, 0.6) is 0 Å². The number of morpholine rings is 1. The average molecular weight is 278 g/mol. The van der Waals surface area contributed by atoms with Gasteiger partial charge in [0, 0.05) is 31.2 Å². The molecule has 2 fully saturated rings. The van der Waals surface area contributed by atoms with Crippen molar-refractivity contribution in [2.45, 2.75) is 58.3 Å². The Labute approximate surface area is 121 Å². The minimum absolute atomic E-state index is 0.395. The molecule has 1 saturated carbocycles. The van der Waals surface area contributed by atoms with E-state index in [0.29, 0.717) is 6.10 Å². The summed E-state index contributed by atoms with van der Waals surface area (Å²) in [4.78, 5) is 2.48. The number of ether oxygens (including phenoxy) is 1. The van der Waals surface area contributed by atoms with Crippen molar-refractivity contribution < 1.29 is 9.15 Å². The van der Waals surface area contributed by atoms with E-state index in [1.54, 1.807) is 0 Å². The molecule has 2 aliphatic rings. The number of aryl methyl sites for hydroxylation is 1. The molecular weight excluding hydrogens is 252 g/mol. The zero-order valence-electron chi connectivity index (χ0n) is 12.7. The molecule has 0 bridgehead atoms. The van der Waals surface area contributed by atoms with E-state index in [0.717, 1.165) is 56.8 Å². The van der Waals surface area contributed by atoms with Crippen molar-refractivity contribution in [2.24, 2.45) is 0 Å². The Hall–Kier alpha value is -0.840. The highest BCUT2D eigenvalue weighted by Gasteiger charge is 2.22. The molecule has 1 saturated heterocycles. The van der Waals surface area contributed by atoms with Crippen LogP contribution in [0.15, 0.2) is 10.5 Å². The monoisotopic (exact) mass is 278 g/mol. The minimum Gasteiger partial charge on any atom is -0.465 e. The lowest BCUT2D eigenvalue weighted by Gasteiger charge is -2.32. The lowest BCUT2D eigenvalue weighted by Crippen LogP contribution is -2.41. The number of hydrogen-bond donors (Lipinski definition) is 1. The summed E-state index contributed by atoms with van der Waals surface area (Å²) in [6.07, 6.45) is 4.13. The van der Waals surface area contributed by atoms with Gasteiger partial charge in [-0.15, -0.1) is 0 Å². The van der Waals surface area contributed by atoms with Gasteiger partial charge in [0.25, 0.3) is 0 Å². The number of furan rings is 1. The summed E-state index contributed by atoms with van der Waals surface area (Å²) in [7, 11) is 0. The summed E-state index contributed by atoms with van der Waals surface area (Å²) in [6.45, 7) is 9.04. The molecule has 1 atom stereocenters. The highest BCUT2D eigenvalue weighted by molar-refractivity contribution is 5.21. The van der Waals surface area contributed by atoms with Gasteiger partial charge in [0.15, 0.2) is 0 Å². The Kier molecular flexibility index (Phi) is 4.44. The van der Waals surface area contributed by atoms with Gasteiger partial charge in [0.2, 0.25) is 0 Å². The Morgan fingerprint density at radius 2 is 2.25 bits per heavy atom. The molecule has 1 aliphatic carbocycles. The van der Waals surface area contributed by atoms with E-state index in [-0.39, 0.29) is 0 Å². The summed E-state index contributed by atoms with van der Waals surface area (Å²) in [5.41, 5.74) is 1.33. The molecule has 0 aromatic carbocycles. The SMILES string of the molecule is CCC1CN(Cc2cc(CNC3CC3)oc2C)CCO1. The smallest absolute Gasteiger partial charge is 0.118 e. The third kappa shape index (κ3) is 3.62. The van der Waals surface area contributed by atoms with E-state index >= 15 is 0 Å². The number of rotatable bonds is 6. The quantitative estimate of drug-likeness (QED) is 0.867. The summed E-state index contributed by atoms with van der Waals surface area (Å²) < 4.78 is 11.6. The molecule has 0 spiro atoms. The van der Waals surface area contributed by atoms with Crippen molar-refractivity contribution in [3.8, 4) is 0 Å². The van der Waals surface area contributed by atoms with Crippen LogP contribution in [0.25, 0.3) is 0 Å². The fourth-order valence-corrected chi connectivity index (χ4v) is 2.78. The first kappa shape index (κ1) is 14.1. The Bertz CT molecular complexity index is 440. The largest absolute Gasteiger partial charge is 0.465 e. The highest BCUT2D eigenvalue weighted by atomic mass is 16.5. The summed E-state index contributed by atoms with van der Waals surface area (Å²) >= 11 is 0. The summed E-state index contributed by atoms with van der Waals surface area (Å²) in [5.74, 6) is 2.14. The normalized spacial score (nSPS) is 24.2. The van der Waals surface area contributed by atoms with Gasteiger partial charge in [-0.2, -0.15) is 0 Å². The molecule has 1 unspecified atom stereocenters. The van der Waals surface area contributed by atoms with Crippen molar-refractivity contribution in [1.82, 2.24) is 10.2 Å². The van der Waals surface area contributed by atoms with Crippen molar-refractivity contribution in [3.63, 3.8) is 0 Å². The van der Waals surface area contributed by atoms with Gasteiger partial charge in [0.1, 0.15) is 11.5 Å². The van der Waals surface area contributed by atoms with Crippen LogP contribution in [0.4, 0.5) is 0 Å². The first-order valence-electron chi connectivity index (χ1n) is 7.90. The fourth-order valence-electron chi connectivity index (χ4n) is 2.78. The van der Waals surface area contributed by atoms with E-state index in [4.69, 9.17) is 9.15 Å². The highest BCUT2D eigenvalue weighted by Crippen LogP contribution is 2.22. The standard InChI is InChI=1S/C16H26N2O2/c1-3-15-11-18(6-7-19-15)10-13-8-16(20-12(13)2)9-17-14-4-5-14/h8,14-15,17H,3-7,9-11H2,1-2H3. The maximum Gasteiger partial charge on any atom is 0.118 e. The lowest BCUT2D eigenvalue weighted by atomic mass is 10.2. The number of nitrogens with one attached hydrogen (secondary N) is 1. The molecule has 3 rings (SSSR count). The van der Waals surface area contributed by atoms with Crippen molar-refractivity contribution in [2.75, 3.05) is 19.7 Å². The molecule has 0 amide bonds. The van der Waals surface area contributed by atoms with E-state index in [9.17, 15) is 0 Å². The molecule has 1 N–H and O–H groups in total. The Balaban J connectivity index is 1.55. The first-order valence-corrected chi connectivity index (χ1v) is 7.90. The Morgan fingerprint density at radius 3 is 3.00 bits per heavy atom. The zero-order valence-corrected chi connectivity index (χ0v) is 12.7. The van der Waals surface area contributed by atoms with Crippen molar-refractivity contribution >= 4 is 0 Å². The van der Waals surface area contributed by atoms with Crippen LogP contribution in [-0.4, -0.2) is 36.7 Å². The zero-order chi connectivity index (χ0) is 13.9. The second-order valence-electron chi connectivity index (χ2n) is 6.09. The molecular formula is C16H26N2O2. The maximum absolute atomic E-state index is 5.87. The summed E-state index contributed by atoms with van der Waals surface area (Å²) in [6, 6.07) is 2.95. The third-order valence-electron chi connectivity index (χ3n) is 4.29. The number of nitrogens with zero attached hydrogens (tertiary/aromatic N) is 1. The second-order valence-corrected chi connectivity index (χ2v) is 6.09. The van der Waals surface area contributed by atoms with Crippen LogP contribution in [0.1, 0.15) is 43.3 Å². The van der Waals surface area contributed by atoms with Crippen LogP contribution >= 0.6 is 0 Å². The predicted octanol–water partition coefficient (Wildman–Crippen LogP) is 2.45. The summed E-state index contributed by atoms with van der Waals surface area (Å²) in [5, 5.41) is 3.51. The molecule has 4 nitrogen and oxygen atoms in total. The maximum atomic E-state index is 5.87. The second kappa shape index (κ2) is 6.29. The average Bonchev–Trinajstić information content (AvgIpc) is 3.22. The van der Waals surface area contributed by atoms with Gasteiger partial charge in [-0.25, -0.2) is 0 Å². The lowest BCUT2D eigenvalue weighted by molar-refractivity contribution is -0.0325. The van der Waals surface area contributed by atoms with Crippen LogP contribution in [0, 0.1) is 6.92 Å².